The average molecular weight is 284 g/mol. The van der Waals surface area contributed by atoms with E-state index < -0.39 is 0 Å². The fourth-order valence-corrected chi connectivity index (χ4v) is 2.84. The number of hydrogen-bond donors (Lipinski definition) is 1. The zero-order valence-corrected chi connectivity index (χ0v) is 11.2. The van der Waals surface area contributed by atoms with Gasteiger partial charge in [-0.25, -0.2) is 0 Å². The van der Waals surface area contributed by atoms with Gasteiger partial charge in [-0.2, -0.15) is 0 Å². The van der Waals surface area contributed by atoms with Crippen LogP contribution in [0.1, 0.15) is 24.8 Å². The molecule has 0 spiro atoms. The zero-order valence-electron chi connectivity index (χ0n) is 9.58. The molecule has 0 bridgehead atoms. The maximum Gasteiger partial charge on any atom is 0.119 e. The predicted molar refractivity (Wildman–Crippen MR) is 69.7 cm³/mol. The first-order valence-electron chi connectivity index (χ1n) is 5.78. The van der Waals surface area contributed by atoms with Crippen LogP contribution in [0, 0.1) is 5.92 Å². The summed E-state index contributed by atoms with van der Waals surface area (Å²) < 4.78 is 6.41. The molecule has 1 aliphatic rings. The van der Waals surface area contributed by atoms with Crippen LogP contribution in [0.4, 0.5) is 0 Å². The van der Waals surface area contributed by atoms with Crippen molar-refractivity contribution in [3.05, 3.63) is 28.2 Å². The monoisotopic (exact) mass is 283 g/mol. The summed E-state index contributed by atoms with van der Waals surface area (Å²) in [6.45, 7) is 0. The van der Waals surface area contributed by atoms with Crippen molar-refractivity contribution in [2.75, 3.05) is 7.11 Å². The van der Waals surface area contributed by atoms with Crippen LogP contribution in [0.2, 0.25) is 0 Å². The standard InChI is InChI=1S/C13H18BrNO/c1-16-11-5-6-12(14)10(8-11)7-9-3-2-4-13(9)15/h5-6,8-9,13H,2-4,7,15H2,1H3. The number of benzene rings is 1. The third-order valence-corrected chi connectivity index (χ3v) is 4.23. The number of methoxy groups -OCH3 is 1. The van der Waals surface area contributed by atoms with E-state index >= 15 is 0 Å². The molecule has 2 nitrogen and oxygen atoms in total. The van der Waals surface area contributed by atoms with Crippen LogP contribution in [-0.2, 0) is 6.42 Å². The van der Waals surface area contributed by atoms with Gasteiger partial charge >= 0.3 is 0 Å². The van der Waals surface area contributed by atoms with E-state index in [1.54, 1.807) is 7.11 Å². The van der Waals surface area contributed by atoms with Crippen LogP contribution < -0.4 is 10.5 Å². The largest absolute Gasteiger partial charge is 0.497 e. The fraction of sp³-hybridized carbons (Fsp3) is 0.538. The van der Waals surface area contributed by atoms with E-state index in [4.69, 9.17) is 10.5 Å². The first kappa shape index (κ1) is 11.9. The minimum Gasteiger partial charge on any atom is -0.497 e. The topological polar surface area (TPSA) is 35.2 Å². The molecule has 1 fully saturated rings. The van der Waals surface area contributed by atoms with Gasteiger partial charge in [0.2, 0.25) is 0 Å². The summed E-state index contributed by atoms with van der Waals surface area (Å²) in [7, 11) is 1.70. The van der Waals surface area contributed by atoms with Crippen molar-refractivity contribution in [1.29, 1.82) is 0 Å². The van der Waals surface area contributed by atoms with Crippen LogP contribution in [0.5, 0.6) is 5.75 Å². The highest BCUT2D eigenvalue weighted by Gasteiger charge is 2.24. The van der Waals surface area contributed by atoms with E-state index in [1.165, 1.54) is 24.8 Å². The van der Waals surface area contributed by atoms with E-state index in [1.807, 2.05) is 6.07 Å². The normalized spacial score (nSPS) is 24.7. The van der Waals surface area contributed by atoms with E-state index in [9.17, 15) is 0 Å². The average Bonchev–Trinajstić information content (AvgIpc) is 2.68. The highest BCUT2D eigenvalue weighted by atomic mass is 79.9. The summed E-state index contributed by atoms with van der Waals surface area (Å²) in [5, 5.41) is 0. The fourth-order valence-electron chi connectivity index (χ4n) is 2.44. The van der Waals surface area contributed by atoms with Crippen molar-refractivity contribution in [2.45, 2.75) is 31.7 Å². The van der Waals surface area contributed by atoms with Gasteiger partial charge in [-0.05, 0) is 48.9 Å². The van der Waals surface area contributed by atoms with Gasteiger partial charge < -0.3 is 10.5 Å². The molecule has 0 saturated heterocycles. The Morgan fingerprint density at radius 1 is 1.44 bits per heavy atom. The molecule has 2 rings (SSSR count). The van der Waals surface area contributed by atoms with Crippen LogP contribution in [0.25, 0.3) is 0 Å². The second-order valence-corrected chi connectivity index (χ2v) is 5.37. The summed E-state index contributed by atoms with van der Waals surface area (Å²) in [6, 6.07) is 6.50. The molecule has 0 radical (unpaired) electrons. The van der Waals surface area contributed by atoms with Crippen LogP contribution in [0.15, 0.2) is 22.7 Å². The van der Waals surface area contributed by atoms with Gasteiger partial charge in [0.25, 0.3) is 0 Å². The van der Waals surface area contributed by atoms with Gasteiger partial charge in [-0.3, -0.25) is 0 Å². The SMILES string of the molecule is COc1ccc(Br)c(CC2CCCC2N)c1. The maximum atomic E-state index is 6.10. The molecular formula is C13H18BrNO. The van der Waals surface area contributed by atoms with Gasteiger partial charge in [-0.1, -0.05) is 22.4 Å². The van der Waals surface area contributed by atoms with Crippen molar-refractivity contribution >= 4 is 15.9 Å². The third-order valence-electron chi connectivity index (χ3n) is 3.45. The Hall–Kier alpha value is -0.540. The third kappa shape index (κ3) is 2.58. The molecule has 0 heterocycles. The molecule has 0 amide bonds. The number of ether oxygens (including phenoxy) is 1. The molecule has 0 aliphatic heterocycles. The van der Waals surface area contributed by atoms with E-state index in [0.29, 0.717) is 12.0 Å². The Balaban J connectivity index is 2.13. The van der Waals surface area contributed by atoms with Crippen molar-refractivity contribution in [3.8, 4) is 5.75 Å². The summed E-state index contributed by atoms with van der Waals surface area (Å²) in [4.78, 5) is 0. The molecule has 2 atom stereocenters. The van der Waals surface area contributed by atoms with Crippen molar-refractivity contribution in [2.24, 2.45) is 11.7 Å². The van der Waals surface area contributed by atoms with Crippen molar-refractivity contribution < 1.29 is 4.74 Å². The molecule has 88 valence electrons. The first-order chi connectivity index (χ1) is 7.70. The number of hydrogen-bond acceptors (Lipinski definition) is 2. The van der Waals surface area contributed by atoms with Crippen molar-refractivity contribution in [1.82, 2.24) is 0 Å². The molecule has 1 aromatic rings. The summed E-state index contributed by atoms with van der Waals surface area (Å²) >= 11 is 3.59. The first-order valence-corrected chi connectivity index (χ1v) is 6.58. The molecule has 3 heteroatoms. The number of rotatable bonds is 3. The van der Waals surface area contributed by atoms with Gasteiger partial charge in [0.05, 0.1) is 7.11 Å². The molecule has 2 N–H and O–H groups in total. The van der Waals surface area contributed by atoms with Crippen molar-refractivity contribution in [3.63, 3.8) is 0 Å². The Labute approximate surface area is 105 Å². The Morgan fingerprint density at radius 2 is 2.25 bits per heavy atom. The van der Waals surface area contributed by atoms with Gasteiger partial charge in [-0.15, -0.1) is 0 Å². The minimum absolute atomic E-state index is 0.373. The lowest BCUT2D eigenvalue weighted by Gasteiger charge is -2.16. The lowest BCUT2D eigenvalue weighted by molar-refractivity contribution is 0.412. The number of nitrogens with two attached hydrogens (primary N) is 1. The lowest BCUT2D eigenvalue weighted by Crippen LogP contribution is -2.25. The Morgan fingerprint density at radius 3 is 2.88 bits per heavy atom. The quantitative estimate of drug-likeness (QED) is 0.925. The smallest absolute Gasteiger partial charge is 0.119 e. The number of halogens is 1. The molecule has 16 heavy (non-hydrogen) atoms. The van der Waals surface area contributed by atoms with Gasteiger partial charge in [0, 0.05) is 10.5 Å². The van der Waals surface area contributed by atoms with Crippen LogP contribution in [-0.4, -0.2) is 13.2 Å². The molecule has 2 unspecified atom stereocenters. The summed E-state index contributed by atoms with van der Waals surface area (Å²) in [5.41, 5.74) is 7.41. The highest BCUT2D eigenvalue weighted by Crippen LogP contribution is 2.31. The van der Waals surface area contributed by atoms with E-state index in [-0.39, 0.29) is 0 Å². The summed E-state index contributed by atoms with van der Waals surface area (Å²) in [5.74, 6) is 1.55. The highest BCUT2D eigenvalue weighted by molar-refractivity contribution is 9.10. The second-order valence-electron chi connectivity index (χ2n) is 4.52. The van der Waals surface area contributed by atoms with Gasteiger partial charge in [0.1, 0.15) is 5.75 Å². The minimum atomic E-state index is 0.373. The molecule has 1 aliphatic carbocycles. The van der Waals surface area contributed by atoms with Crippen LogP contribution in [0.3, 0.4) is 0 Å². The Bertz CT molecular complexity index is 367. The van der Waals surface area contributed by atoms with Gasteiger partial charge in [0.15, 0.2) is 0 Å². The Kier molecular flexibility index (Phi) is 3.87. The molecule has 1 aromatic carbocycles. The molecular weight excluding hydrogens is 266 g/mol. The molecule has 1 saturated carbocycles. The lowest BCUT2D eigenvalue weighted by atomic mass is 9.95. The maximum absolute atomic E-state index is 6.10. The second kappa shape index (κ2) is 5.19. The van der Waals surface area contributed by atoms with E-state index in [0.717, 1.165) is 16.6 Å². The zero-order chi connectivity index (χ0) is 11.5. The van der Waals surface area contributed by atoms with E-state index in [2.05, 4.69) is 28.1 Å². The van der Waals surface area contributed by atoms with Crippen LogP contribution >= 0.6 is 15.9 Å². The molecule has 0 aromatic heterocycles. The predicted octanol–water partition coefficient (Wildman–Crippen LogP) is 3.13. The summed E-state index contributed by atoms with van der Waals surface area (Å²) in [6.07, 6.45) is 4.75.